The van der Waals surface area contributed by atoms with Gasteiger partial charge < -0.3 is 20.3 Å². The maximum absolute atomic E-state index is 12.1. The van der Waals surface area contributed by atoms with Gasteiger partial charge in [-0.2, -0.15) is 0 Å². The first-order valence-electron chi connectivity index (χ1n) is 11.2. The highest BCUT2D eigenvalue weighted by Crippen LogP contribution is 2.18. The molecule has 0 spiro atoms. The lowest BCUT2D eigenvalue weighted by molar-refractivity contribution is -0.127. The largest absolute Gasteiger partial charge is 0.379 e. The van der Waals surface area contributed by atoms with E-state index in [9.17, 15) is 4.79 Å². The fourth-order valence-electron chi connectivity index (χ4n) is 3.94. The predicted octanol–water partition coefficient (Wildman–Crippen LogP) is 1.97. The Morgan fingerprint density at radius 1 is 1.13 bits per heavy atom. The van der Waals surface area contributed by atoms with Crippen LogP contribution in [0.4, 0.5) is 0 Å². The molecule has 2 N–H and O–H groups in total. The minimum Gasteiger partial charge on any atom is -0.379 e. The molecule has 7 heteroatoms. The molecule has 0 atom stereocenters. The lowest BCUT2D eigenvalue weighted by Gasteiger charge is -2.27. The summed E-state index contributed by atoms with van der Waals surface area (Å²) in [5.74, 6) is 0.777. The van der Waals surface area contributed by atoms with Gasteiger partial charge in [-0.3, -0.25) is 9.69 Å². The molecule has 1 aliphatic carbocycles. The molecule has 0 bridgehead atoms. The number of nitrogens with zero attached hydrogens (tertiary/aromatic N) is 3. The SMILES string of the molecule is CN(C)C(=O)CNC(=NCc1ccccc1CN1CCOCC1)NC1CCCCC1. The fourth-order valence-corrected chi connectivity index (χ4v) is 3.94. The van der Waals surface area contributed by atoms with E-state index in [0.29, 0.717) is 12.6 Å². The molecule has 1 saturated heterocycles. The van der Waals surface area contributed by atoms with Crippen molar-refractivity contribution in [1.29, 1.82) is 0 Å². The van der Waals surface area contributed by atoms with Crippen LogP contribution in [-0.2, 0) is 22.6 Å². The molecule has 1 aromatic carbocycles. The summed E-state index contributed by atoms with van der Waals surface area (Å²) < 4.78 is 5.47. The maximum atomic E-state index is 12.1. The number of guanidine groups is 1. The molecular formula is C23H37N5O2. The third kappa shape index (κ3) is 7.29. The van der Waals surface area contributed by atoms with Crippen molar-refractivity contribution in [3.63, 3.8) is 0 Å². The Bertz CT molecular complexity index is 695. The Labute approximate surface area is 180 Å². The number of morpholine rings is 1. The zero-order valence-electron chi connectivity index (χ0n) is 18.5. The van der Waals surface area contributed by atoms with Crippen molar-refractivity contribution >= 4 is 11.9 Å². The number of hydrogen-bond acceptors (Lipinski definition) is 4. The van der Waals surface area contributed by atoms with Gasteiger partial charge in [-0.15, -0.1) is 0 Å². The van der Waals surface area contributed by atoms with Crippen LogP contribution >= 0.6 is 0 Å². The van der Waals surface area contributed by atoms with E-state index in [-0.39, 0.29) is 12.5 Å². The van der Waals surface area contributed by atoms with Gasteiger partial charge >= 0.3 is 0 Å². The summed E-state index contributed by atoms with van der Waals surface area (Å²) in [4.78, 5) is 20.9. The standard InChI is InChI=1S/C23H37N5O2/c1-27(2)22(29)17-25-23(26-21-10-4-3-5-11-21)24-16-19-8-6-7-9-20(19)18-28-12-14-30-15-13-28/h6-9,21H,3-5,10-18H2,1-2H3,(H2,24,25,26). The van der Waals surface area contributed by atoms with Crippen molar-refractivity contribution in [2.45, 2.75) is 51.2 Å². The second-order valence-corrected chi connectivity index (χ2v) is 8.44. The van der Waals surface area contributed by atoms with Gasteiger partial charge in [0.25, 0.3) is 0 Å². The monoisotopic (exact) mass is 415 g/mol. The average Bonchev–Trinajstić information content (AvgIpc) is 2.77. The first kappa shape index (κ1) is 22.6. The molecule has 1 amide bonds. The number of aliphatic imine (C=N–C) groups is 1. The first-order chi connectivity index (χ1) is 14.6. The highest BCUT2D eigenvalue weighted by atomic mass is 16.5. The van der Waals surface area contributed by atoms with E-state index in [0.717, 1.165) is 51.6 Å². The number of likely N-dealkylation sites (N-methyl/N-ethyl adjacent to an activating group) is 1. The number of carbonyl (C=O) groups excluding carboxylic acids is 1. The Morgan fingerprint density at radius 2 is 1.83 bits per heavy atom. The minimum atomic E-state index is 0.0425. The highest BCUT2D eigenvalue weighted by Gasteiger charge is 2.16. The van der Waals surface area contributed by atoms with Crippen LogP contribution in [-0.4, -0.2) is 74.7 Å². The van der Waals surface area contributed by atoms with Crippen LogP contribution < -0.4 is 10.6 Å². The van der Waals surface area contributed by atoms with Gasteiger partial charge in [-0.25, -0.2) is 4.99 Å². The predicted molar refractivity (Wildman–Crippen MR) is 120 cm³/mol. The van der Waals surface area contributed by atoms with Crippen molar-refractivity contribution in [2.75, 3.05) is 46.9 Å². The van der Waals surface area contributed by atoms with Crippen molar-refractivity contribution < 1.29 is 9.53 Å². The molecule has 2 aliphatic rings. The van der Waals surface area contributed by atoms with E-state index in [2.05, 4.69) is 39.8 Å². The summed E-state index contributed by atoms with van der Waals surface area (Å²) in [5.41, 5.74) is 2.54. The molecule has 0 unspecified atom stereocenters. The van der Waals surface area contributed by atoms with E-state index in [1.54, 1.807) is 19.0 Å². The summed E-state index contributed by atoms with van der Waals surface area (Å²) in [7, 11) is 3.55. The summed E-state index contributed by atoms with van der Waals surface area (Å²) in [5, 5.41) is 6.80. The van der Waals surface area contributed by atoms with E-state index < -0.39 is 0 Å². The van der Waals surface area contributed by atoms with E-state index >= 15 is 0 Å². The molecule has 0 aromatic heterocycles. The van der Waals surface area contributed by atoms with Crippen LogP contribution in [0.2, 0.25) is 0 Å². The van der Waals surface area contributed by atoms with Crippen LogP contribution in [0, 0.1) is 0 Å². The number of hydrogen-bond donors (Lipinski definition) is 2. The molecule has 1 aromatic rings. The summed E-state index contributed by atoms with van der Waals surface area (Å²) >= 11 is 0. The van der Waals surface area contributed by atoms with Crippen molar-refractivity contribution in [1.82, 2.24) is 20.4 Å². The molecule has 166 valence electrons. The van der Waals surface area contributed by atoms with Gasteiger partial charge in [0, 0.05) is 39.8 Å². The molecule has 1 aliphatic heterocycles. The van der Waals surface area contributed by atoms with Gasteiger partial charge in [-0.1, -0.05) is 43.5 Å². The van der Waals surface area contributed by atoms with Gasteiger partial charge in [0.15, 0.2) is 5.96 Å². The zero-order chi connectivity index (χ0) is 21.2. The number of rotatable bonds is 7. The Balaban J connectivity index is 1.66. The second-order valence-electron chi connectivity index (χ2n) is 8.44. The van der Waals surface area contributed by atoms with Crippen LogP contribution in [0.5, 0.6) is 0 Å². The number of nitrogens with one attached hydrogen (secondary N) is 2. The van der Waals surface area contributed by atoms with E-state index in [4.69, 9.17) is 9.73 Å². The topological polar surface area (TPSA) is 69.2 Å². The number of amides is 1. The Morgan fingerprint density at radius 3 is 2.53 bits per heavy atom. The summed E-state index contributed by atoms with van der Waals surface area (Å²) in [6.07, 6.45) is 6.14. The lowest BCUT2D eigenvalue weighted by Crippen LogP contribution is -2.47. The van der Waals surface area contributed by atoms with Crippen LogP contribution in [0.15, 0.2) is 29.3 Å². The fraction of sp³-hybridized carbons (Fsp3) is 0.652. The van der Waals surface area contributed by atoms with Gasteiger partial charge in [0.05, 0.1) is 26.3 Å². The van der Waals surface area contributed by atoms with Crippen LogP contribution in [0.25, 0.3) is 0 Å². The Kier molecular flexibility index (Phi) is 8.96. The molecule has 2 fully saturated rings. The zero-order valence-corrected chi connectivity index (χ0v) is 18.5. The molecule has 30 heavy (non-hydrogen) atoms. The van der Waals surface area contributed by atoms with Gasteiger partial charge in [0.1, 0.15) is 0 Å². The number of benzene rings is 1. The molecule has 7 nitrogen and oxygen atoms in total. The van der Waals surface area contributed by atoms with Gasteiger partial charge in [-0.05, 0) is 24.0 Å². The van der Waals surface area contributed by atoms with Crippen LogP contribution in [0.1, 0.15) is 43.2 Å². The number of ether oxygens (including phenoxy) is 1. The van der Waals surface area contributed by atoms with Crippen molar-refractivity contribution in [3.8, 4) is 0 Å². The lowest BCUT2D eigenvalue weighted by atomic mass is 9.96. The van der Waals surface area contributed by atoms with Gasteiger partial charge in [0.2, 0.25) is 5.91 Å². The smallest absolute Gasteiger partial charge is 0.241 e. The van der Waals surface area contributed by atoms with Crippen LogP contribution in [0.3, 0.4) is 0 Å². The molecule has 1 heterocycles. The van der Waals surface area contributed by atoms with Crippen molar-refractivity contribution in [3.05, 3.63) is 35.4 Å². The maximum Gasteiger partial charge on any atom is 0.241 e. The molecule has 3 rings (SSSR count). The molecule has 1 saturated carbocycles. The quantitative estimate of drug-likeness (QED) is 0.526. The van der Waals surface area contributed by atoms with E-state index in [1.807, 2.05) is 0 Å². The molecular weight excluding hydrogens is 378 g/mol. The minimum absolute atomic E-state index is 0.0425. The summed E-state index contributed by atoms with van der Waals surface area (Å²) in [6.45, 7) is 5.33. The number of carbonyl (C=O) groups is 1. The molecule has 0 radical (unpaired) electrons. The van der Waals surface area contributed by atoms with E-state index in [1.165, 1.54) is 30.4 Å². The van der Waals surface area contributed by atoms with Crippen molar-refractivity contribution in [2.24, 2.45) is 4.99 Å². The Hall–Kier alpha value is -2.12. The highest BCUT2D eigenvalue weighted by molar-refractivity contribution is 5.86. The normalized spacial score (nSPS) is 18.8. The average molecular weight is 416 g/mol. The summed E-state index contributed by atoms with van der Waals surface area (Å²) in [6, 6.07) is 8.95. The first-order valence-corrected chi connectivity index (χ1v) is 11.2. The third-order valence-corrected chi connectivity index (χ3v) is 5.88. The third-order valence-electron chi connectivity index (χ3n) is 5.88. The second kappa shape index (κ2) is 11.9.